The van der Waals surface area contributed by atoms with Crippen molar-refractivity contribution in [1.29, 1.82) is 5.26 Å². The van der Waals surface area contributed by atoms with E-state index in [4.69, 9.17) is 19.7 Å². The van der Waals surface area contributed by atoms with Crippen LogP contribution in [0.3, 0.4) is 0 Å². The Morgan fingerprint density at radius 3 is 1.40 bits per heavy atom. The fraction of sp³-hybridized carbons (Fsp3) is 0.0189. The Morgan fingerprint density at radius 1 is 0.362 bits per heavy atom. The molecule has 0 unspecified atom stereocenters. The van der Waals surface area contributed by atoms with Crippen molar-refractivity contribution >= 4 is 0 Å². The van der Waals surface area contributed by atoms with E-state index >= 15 is 0 Å². The molecular formula is C53H34N4O. The lowest BCUT2D eigenvalue weighted by molar-refractivity contribution is 0.435. The Hall–Kier alpha value is -7.94. The minimum Gasteiger partial charge on any atom is -0.457 e. The average Bonchev–Trinajstić information content (AvgIpc) is 3.31. The molecule has 0 radical (unpaired) electrons. The van der Waals surface area contributed by atoms with Gasteiger partial charge in [0.25, 0.3) is 0 Å². The van der Waals surface area contributed by atoms with E-state index in [2.05, 4.69) is 152 Å². The molecule has 0 spiro atoms. The molecule has 0 N–H and O–H groups in total. The van der Waals surface area contributed by atoms with Crippen LogP contribution in [0.4, 0.5) is 0 Å². The molecule has 0 saturated heterocycles. The molecule has 9 aromatic rings. The van der Waals surface area contributed by atoms with Gasteiger partial charge in [-0.15, -0.1) is 0 Å². The largest absolute Gasteiger partial charge is 0.457 e. The fourth-order valence-corrected chi connectivity index (χ4v) is 8.12. The van der Waals surface area contributed by atoms with Crippen molar-refractivity contribution in [2.24, 2.45) is 0 Å². The molecule has 2 heterocycles. The van der Waals surface area contributed by atoms with E-state index in [1.54, 1.807) is 12.1 Å². The molecule has 5 heteroatoms. The second kappa shape index (κ2) is 14.6. The highest BCUT2D eigenvalue weighted by molar-refractivity contribution is 5.78. The van der Waals surface area contributed by atoms with Gasteiger partial charge in [-0.25, -0.2) is 15.0 Å². The molecule has 10 rings (SSSR count). The van der Waals surface area contributed by atoms with E-state index in [1.165, 1.54) is 11.1 Å². The van der Waals surface area contributed by atoms with E-state index in [1.807, 2.05) is 48.5 Å². The molecule has 58 heavy (non-hydrogen) atoms. The molecule has 272 valence electrons. The number of para-hydroxylation sites is 1. The predicted octanol–water partition coefficient (Wildman–Crippen LogP) is 12.6. The highest BCUT2D eigenvalue weighted by Gasteiger charge is 2.45. The van der Waals surface area contributed by atoms with E-state index in [-0.39, 0.29) is 0 Å². The maximum atomic E-state index is 9.33. The van der Waals surface area contributed by atoms with Gasteiger partial charge in [-0.2, -0.15) is 5.26 Å². The van der Waals surface area contributed by atoms with Gasteiger partial charge in [0.15, 0.2) is 17.5 Å². The van der Waals surface area contributed by atoms with Crippen LogP contribution < -0.4 is 4.74 Å². The smallest absolute Gasteiger partial charge is 0.164 e. The lowest BCUT2D eigenvalue weighted by Crippen LogP contribution is -2.34. The fourth-order valence-electron chi connectivity index (χ4n) is 8.12. The number of nitrogens with zero attached hydrogens (tertiary/aromatic N) is 4. The van der Waals surface area contributed by atoms with Crippen molar-refractivity contribution in [3.63, 3.8) is 0 Å². The molecular weight excluding hydrogens is 709 g/mol. The lowest BCUT2D eigenvalue weighted by Gasteiger charge is -2.41. The van der Waals surface area contributed by atoms with Gasteiger partial charge >= 0.3 is 0 Å². The highest BCUT2D eigenvalue weighted by Crippen LogP contribution is 2.55. The monoisotopic (exact) mass is 742 g/mol. The van der Waals surface area contributed by atoms with Crippen LogP contribution in [-0.2, 0) is 5.41 Å². The van der Waals surface area contributed by atoms with E-state index < -0.39 is 5.41 Å². The van der Waals surface area contributed by atoms with Gasteiger partial charge in [-0.3, -0.25) is 0 Å². The second-order valence-corrected chi connectivity index (χ2v) is 14.3. The Morgan fingerprint density at radius 2 is 0.793 bits per heavy atom. The Labute approximate surface area is 337 Å². The van der Waals surface area contributed by atoms with Gasteiger partial charge in [0.2, 0.25) is 0 Å². The summed E-state index contributed by atoms with van der Waals surface area (Å²) in [6, 6.07) is 72.9. The highest BCUT2D eigenvalue weighted by atomic mass is 16.5. The topological polar surface area (TPSA) is 71.7 Å². The van der Waals surface area contributed by atoms with Crippen LogP contribution in [0.15, 0.2) is 206 Å². The average molecular weight is 743 g/mol. The summed E-state index contributed by atoms with van der Waals surface area (Å²) in [5.41, 5.74) is 11.6. The van der Waals surface area contributed by atoms with Crippen molar-refractivity contribution < 1.29 is 4.74 Å². The maximum Gasteiger partial charge on any atom is 0.164 e. The normalized spacial score (nSPS) is 12.4. The first-order valence-corrected chi connectivity index (χ1v) is 19.2. The van der Waals surface area contributed by atoms with Gasteiger partial charge in [-0.1, -0.05) is 164 Å². The summed E-state index contributed by atoms with van der Waals surface area (Å²) in [6.45, 7) is 0. The summed E-state index contributed by atoms with van der Waals surface area (Å²) >= 11 is 0. The zero-order valence-corrected chi connectivity index (χ0v) is 31.3. The van der Waals surface area contributed by atoms with Crippen molar-refractivity contribution in [1.82, 2.24) is 15.0 Å². The molecule has 0 atom stereocenters. The van der Waals surface area contributed by atoms with Gasteiger partial charge in [0, 0.05) is 27.8 Å². The number of fused-ring (bicyclic) bond motifs is 2. The minimum absolute atomic E-state index is 0.549. The van der Waals surface area contributed by atoms with Gasteiger partial charge in [0.05, 0.1) is 17.0 Å². The van der Waals surface area contributed by atoms with Crippen molar-refractivity contribution in [2.45, 2.75) is 5.41 Å². The molecule has 0 amide bonds. The molecule has 0 fully saturated rings. The number of rotatable bonds is 7. The Balaban J connectivity index is 1.01. The van der Waals surface area contributed by atoms with Crippen LogP contribution in [0.25, 0.3) is 56.4 Å². The number of aromatic nitrogens is 3. The number of hydrogen-bond acceptors (Lipinski definition) is 5. The molecule has 1 aliphatic heterocycles. The summed E-state index contributed by atoms with van der Waals surface area (Å²) in [5, 5.41) is 9.33. The first kappa shape index (κ1) is 34.5. The van der Waals surface area contributed by atoms with E-state index in [0.29, 0.717) is 23.0 Å². The molecule has 0 aliphatic carbocycles. The minimum atomic E-state index is -0.558. The molecule has 0 bridgehead atoms. The molecule has 8 aromatic carbocycles. The molecule has 1 aliphatic rings. The Bertz CT molecular complexity index is 2920. The SMILES string of the molecule is N#Cc1ccc(-c2nc(-c3ccccc3)nc(-c3ccc(-c4cccc(-c5ccc6c(c5)Oc5ccccc5C6(c5ccccc5)c5ccccc5)c4)cc3)n2)cc1. The second-order valence-electron chi connectivity index (χ2n) is 14.3. The van der Waals surface area contributed by atoms with Crippen LogP contribution in [0.5, 0.6) is 11.5 Å². The first-order valence-electron chi connectivity index (χ1n) is 19.2. The van der Waals surface area contributed by atoms with E-state index in [9.17, 15) is 5.26 Å². The van der Waals surface area contributed by atoms with Crippen LogP contribution in [0, 0.1) is 11.3 Å². The van der Waals surface area contributed by atoms with Gasteiger partial charge < -0.3 is 4.74 Å². The third-order valence-corrected chi connectivity index (χ3v) is 10.9. The van der Waals surface area contributed by atoms with Gasteiger partial charge in [0.1, 0.15) is 11.5 Å². The first-order chi connectivity index (χ1) is 28.7. The number of benzene rings is 8. The van der Waals surface area contributed by atoms with Crippen LogP contribution in [0.2, 0.25) is 0 Å². The van der Waals surface area contributed by atoms with Crippen molar-refractivity contribution in [3.8, 4) is 74.0 Å². The molecule has 5 nitrogen and oxygen atoms in total. The number of hydrogen-bond donors (Lipinski definition) is 0. The lowest BCUT2D eigenvalue weighted by atomic mass is 9.63. The summed E-state index contributed by atoms with van der Waals surface area (Å²) < 4.78 is 6.76. The Kier molecular flexibility index (Phi) is 8.70. The summed E-state index contributed by atoms with van der Waals surface area (Å²) in [7, 11) is 0. The summed E-state index contributed by atoms with van der Waals surface area (Å²) in [5.74, 6) is 3.40. The quantitative estimate of drug-likeness (QED) is 0.163. The third kappa shape index (κ3) is 6.10. The van der Waals surface area contributed by atoms with Crippen LogP contribution >= 0.6 is 0 Å². The summed E-state index contributed by atoms with van der Waals surface area (Å²) in [6.07, 6.45) is 0. The molecule has 0 saturated carbocycles. The maximum absolute atomic E-state index is 9.33. The number of ether oxygens (including phenoxy) is 1. The van der Waals surface area contributed by atoms with Crippen molar-refractivity contribution in [2.75, 3.05) is 0 Å². The summed E-state index contributed by atoms with van der Waals surface area (Å²) in [4.78, 5) is 14.6. The standard InChI is InChI=1S/C53H34N4O/c54-35-36-23-25-39(26-24-36)51-55-50(38-13-4-1-5-14-38)56-52(57-51)40-29-27-37(28-30-40)41-15-12-16-42(33-41)43-31-32-47-49(34-43)58-48-22-11-10-21-46(48)53(47,44-17-6-2-7-18-44)45-19-8-3-9-20-45/h1-34H. The number of nitriles is 1. The predicted molar refractivity (Wildman–Crippen MR) is 230 cm³/mol. The molecule has 1 aromatic heterocycles. The van der Waals surface area contributed by atoms with Crippen LogP contribution in [0.1, 0.15) is 27.8 Å². The zero-order valence-electron chi connectivity index (χ0n) is 31.3. The third-order valence-electron chi connectivity index (χ3n) is 10.9. The van der Waals surface area contributed by atoms with E-state index in [0.717, 1.165) is 61.6 Å². The van der Waals surface area contributed by atoms with Crippen LogP contribution in [-0.4, -0.2) is 15.0 Å². The zero-order chi connectivity index (χ0) is 38.9. The van der Waals surface area contributed by atoms with Crippen molar-refractivity contribution in [3.05, 3.63) is 234 Å². The van der Waals surface area contributed by atoms with Gasteiger partial charge in [-0.05, 0) is 75.8 Å².